The second-order valence-electron chi connectivity index (χ2n) is 5.69. The molecule has 0 amide bonds. The van der Waals surface area contributed by atoms with Crippen molar-refractivity contribution < 1.29 is 0 Å². The molecule has 0 aliphatic carbocycles. The third-order valence-corrected chi connectivity index (χ3v) is 3.25. The molecule has 2 aromatic rings. The molecule has 0 radical (unpaired) electrons. The summed E-state index contributed by atoms with van der Waals surface area (Å²) < 4.78 is 1.99. The number of aromatic nitrogens is 2. The van der Waals surface area contributed by atoms with Crippen molar-refractivity contribution in [1.82, 2.24) is 9.78 Å². The molecule has 1 unspecified atom stereocenters. The summed E-state index contributed by atoms with van der Waals surface area (Å²) >= 11 is 0. The topological polar surface area (TPSA) is 43.8 Å². The highest BCUT2D eigenvalue weighted by atomic mass is 15.3. The summed E-state index contributed by atoms with van der Waals surface area (Å²) in [6, 6.07) is 10.5. The Morgan fingerprint density at radius 3 is 2.39 bits per heavy atom. The second-order valence-corrected chi connectivity index (χ2v) is 5.69. The number of benzene rings is 1. The van der Waals surface area contributed by atoms with Crippen LogP contribution in [0.1, 0.15) is 26.8 Å². The van der Waals surface area contributed by atoms with Crippen molar-refractivity contribution in [2.75, 3.05) is 6.54 Å². The van der Waals surface area contributed by atoms with E-state index in [2.05, 4.69) is 44.2 Å². The van der Waals surface area contributed by atoms with Crippen LogP contribution in [0.15, 0.2) is 42.7 Å². The van der Waals surface area contributed by atoms with Gasteiger partial charge < -0.3 is 5.73 Å². The molecule has 0 aliphatic rings. The Balaban J connectivity index is 2.31. The predicted molar refractivity (Wildman–Crippen MR) is 75.2 cm³/mol. The highest BCUT2D eigenvalue weighted by Gasteiger charge is 2.25. The number of hydrogen-bond acceptors (Lipinski definition) is 2. The minimum Gasteiger partial charge on any atom is -0.328 e. The van der Waals surface area contributed by atoms with E-state index in [0.717, 1.165) is 5.56 Å². The molecule has 1 aromatic heterocycles. The van der Waals surface area contributed by atoms with Crippen molar-refractivity contribution in [3.05, 3.63) is 42.7 Å². The van der Waals surface area contributed by atoms with Crippen LogP contribution in [-0.4, -0.2) is 16.3 Å². The van der Waals surface area contributed by atoms with Crippen LogP contribution in [0.4, 0.5) is 0 Å². The summed E-state index contributed by atoms with van der Waals surface area (Å²) in [5, 5.41) is 4.47. The van der Waals surface area contributed by atoms with E-state index >= 15 is 0 Å². The summed E-state index contributed by atoms with van der Waals surface area (Å²) in [6.07, 6.45) is 3.99. The molecular formula is C15H21N3. The molecule has 1 atom stereocenters. The van der Waals surface area contributed by atoms with Gasteiger partial charge in [-0.2, -0.15) is 5.10 Å². The van der Waals surface area contributed by atoms with Crippen molar-refractivity contribution in [3.8, 4) is 11.1 Å². The molecule has 2 rings (SSSR count). The van der Waals surface area contributed by atoms with Crippen LogP contribution in [0.5, 0.6) is 0 Å². The van der Waals surface area contributed by atoms with E-state index in [0.29, 0.717) is 6.54 Å². The highest BCUT2D eigenvalue weighted by Crippen LogP contribution is 2.30. The van der Waals surface area contributed by atoms with Crippen LogP contribution in [0, 0.1) is 5.41 Å². The molecule has 96 valence electrons. The maximum absolute atomic E-state index is 5.88. The maximum Gasteiger partial charge on any atom is 0.0689 e. The molecule has 2 N–H and O–H groups in total. The Bertz CT molecular complexity index is 494. The zero-order valence-corrected chi connectivity index (χ0v) is 11.3. The Morgan fingerprint density at radius 2 is 1.83 bits per heavy atom. The molecule has 18 heavy (non-hydrogen) atoms. The summed E-state index contributed by atoms with van der Waals surface area (Å²) in [6.45, 7) is 7.16. The largest absolute Gasteiger partial charge is 0.328 e. The SMILES string of the molecule is CC(C)(C)C(CN)n1cc(-c2ccccc2)cn1. The van der Waals surface area contributed by atoms with E-state index in [1.807, 2.05) is 29.1 Å². The Kier molecular flexibility index (Phi) is 3.53. The zero-order valence-electron chi connectivity index (χ0n) is 11.3. The minimum atomic E-state index is 0.106. The monoisotopic (exact) mass is 243 g/mol. The zero-order chi connectivity index (χ0) is 13.2. The van der Waals surface area contributed by atoms with E-state index < -0.39 is 0 Å². The van der Waals surface area contributed by atoms with E-state index in [-0.39, 0.29) is 11.5 Å². The van der Waals surface area contributed by atoms with Crippen LogP contribution < -0.4 is 5.73 Å². The first-order chi connectivity index (χ1) is 8.52. The third-order valence-electron chi connectivity index (χ3n) is 3.25. The summed E-state index contributed by atoms with van der Waals surface area (Å²) in [5.41, 5.74) is 8.31. The van der Waals surface area contributed by atoms with E-state index in [1.54, 1.807) is 0 Å². The molecule has 0 spiro atoms. The Hall–Kier alpha value is -1.61. The summed E-state index contributed by atoms with van der Waals surface area (Å²) in [7, 11) is 0. The van der Waals surface area contributed by atoms with Crippen molar-refractivity contribution in [3.63, 3.8) is 0 Å². The quantitative estimate of drug-likeness (QED) is 0.900. The van der Waals surface area contributed by atoms with Crippen LogP contribution in [0.25, 0.3) is 11.1 Å². The molecule has 1 aromatic carbocycles. The molecule has 3 heteroatoms. The lowest BCUT2D eigenvalue weighted by Crippen LogP contribution is -2.31. The van der Waals surface area contributed by atoms with Crippen molar-refractivity contribution in [2.24, 2.45) is 11.1 Å². The van der Waals surface area contributed by atoms with Gasteiger partial charge in [0.1, 0.15) is 0 Å². The average molecular weight is 243 g/mol. The predicted octanol–water partition coefficient (Wildman–Crippen LogP) is 3.10. The Labute approximate surface area is 109 Å². The van der Waals surface area contributed by atoms with Crippen LogP contribution in [-0.2, 0) is 0 Å². The van der Waals surface area contributed by atoms with Gasteiger partial charge in [0, 0.05) is 18.3 Å². The lowest BCUT2D eigenvalue weighted by Gasteiger charge is -2.29. The molecule has 0 aliphatic heterocycles. The lowest BCUT2D eigenvalue weighted by molar-refractivity contribution is 0.231. The van der Waals surface area contributed by atoms with Crippen LogP contribution in [0.3, 0.4) is 0 Å². The fraction of sp³-hybridized carbons (Fsp3) is 0.400. The number of nitrogens with two attached hydrogens (primary N) is 1. The van der Waals surface area contributed by atoms with Gasteiger partial charge in [0.15, 0.2) is 0 Å². The van der Waals surface area contributed by atoms with E-state index in [4.69, 9.17) is 5.73 Å². The van der Waals surface area contributed by atoms with Gasteiger partial charge in [-0.05, 0) is 11.0 Å². The normalized spacial score (nSPS) is 13.6. The maximum atomic E-state index is 5.88. The standard InChI is InChI=1S/C15H21N3/c1-15(2,3)14(9-16)18-11-13(10-17-18)12-7-5-4-6-8-12/h4-8,10-11,14H,9,16H2,1-3H3. The van der Waals surface area contributed by atoms with Gasteiger partial charge >= 0.3 is 0 Å². The molecular weight excluding hydrogens is 222 g/mol. The molecule has 3 nitrogen and oxygen atoms in total. The molecule has 0 fully saturated rings. The summed E-state index contributed by atoms with van der Waals surface area (Å²) in [5.74, 6) is 0. The number of hydrogen-bond donors (Lipinski definition) is 1. The second kappa shape index (κ2) is 4.94. The molecule has 1 heterocycles. The van der Waals surface area contributed by atoms with E-state index in [1.165, 1.54) is 5.56 Å². The fourth-order valence-corrected chi connectivity index (χ4v) is 2.15. The molecule has 0 saturated carbocycles. The first-order valence-electron chi connectivity index (χ1n) is 6.32. The number of rotatable bonds is 3. The minimum absolute atomic E-state index is 0.106. The summed E-state index contributed by atoms with van der Waals surface area (Å²) in [4.78, 5) is 0. The van der Waals surface area contributed by atoms with Crippen molar-refractivity contribution in [1.29, 1.82) is 0 Å². The van der Waals surface area contributed by atoms with Gasteiger partial charge in [-0.15, -0.1) is 0 Å². The third kappa shape index (κ3) is 2.62. The van der Waals surface area contributed by atoms with Gasteiger partial charge in [-0.25, -0.2) is 0 Å². The van der Waals surface area contributed by atoms with Crippen LogP contribution in [0.2, 0.25) is 0 Å². The smallest absolute Gasteiger partial charge is 0.0689 e. The van der Waals surface area contributed by atoms with Gasteiger partial charge in [0.25, 0.3) is 0 Å². The van der Waals surface area contributed by atoms with Gasteiger partial charge in [0.2, 0.25) is 0 Å². The van der Waals surface area contributed by atoms with Gasteiger partial charge in [-0.3, -0.25) is 4.68 Å². The molecule has 0 saturated heterocycles. The van der Waals surface area contributed by atoms with Crippen LogP contribution >= 0.6 is 0 Å². The average Bonchev–Trinajstić information content (AvgIpc) is 2.78. The Morgan fingerprint density at radius 1 is 1.17 bits per heavy atom. The van der Waals surface area contributed by atoms with Gasteiger partial charge in [-0.1, -0.05) is 51.1 Å². The highest BCUT2D eigenvalue weighted by molar-refractivity contribution is 5.61. The lowest BCUT2D eigenvalue weighted by atomic mass is 9.87. The molecule has 0 bridgehead atoms. The van der Waals surface area contributed by atoms with Gasteiger partial charge in [0.05, 0.1) is 12.2 Å². The van der Waals surface area contributed by atoms with Crippen molar-refractivity contribution >= 4 is 0 Å². The van der Waals surface area contributed by atoms with E-state index in [9.17, 15) is 0 Å². The fourth-order valence-electron chi connectivity index (χ4n) is 2.15. The first kappa shape index (κ1) is 12.8. The first-order valence-corrected chi connectivity index (χ1v) is 6.32. The van der Waals surface area contributed by atoms with Crippen molar-refractivity contribution in [2.45, 2.75) is 26.8 Å². The number of nitrogens with zero attached hydrogens (tertiary/aromatic N) is 2.